The van der Waals surface area contributed by atoms with E-state index in [-0.39, 0.29) is 5.92 Å². The lowest BCUT2D eigenvalue weighted by Gasteiger charge is -2.33. The normalized spacial score (nSPS) is 26.2. The molecule has 1 heterocycles. The molecule has 6 N–H and O–H groups in total. The summed E-state index contributed by atoms with van der Waals surface area (Å²) in [7, 11) is 0. The zero-order valence-electron chi connectivity index (χ0n) is 27.3. The summed E-state index contributed by atoms with van der Waals surface area (Å²) in [5, 5.41) is 38.5. The molecule has 1 aliphatic rings. The summed E-state index contributed by atoms with van der Waals surface area (Å²) in [5.74, 6) is -5.08. The lowest BCUT2D eigenvalue weighted by molar-refractivity contribution is -0.164. The van der Waals surface area contributed by atoms with Crippen molar-refractivity contribution in [2.24, 2.45) is 17.8 Å². The number of carbonyl (C=O) groups excluding carboxylic acids is 4. The molecule has 1 rings (SSSR count). The predicted molar refractivity (Wildman–Crippen MR) is 165 cm³/mol. The molecule has 0 bridgehead atoms. The highest BCUT2D eigenvalue weighted by molar-refractivity contribution is 5.94. The van der Waals surface area contributed by atoms with E-state index in [0.717, 1.165) is 25.7 Å². The van der Waals surface area contributed by atoms with Gasteiger partial charge in [0, 0.05) is 5.92 Å². The number of cyclic esters (lactones) is 1. The zero-order valence-corrected chi connectivity index (χ0v) is 27.3. The van der Waals surface area contributed by atoms with Crippen LogP contribution in [0.2, 0.25) is 0 Å². The first-order valence-electron chi connectivity index (χ1n) is 16.4. The summed E-state index contributed by atoms with van der Waals surface area (Å²) in [6.45, 7) is 9.42. The molecule has 43 heavy (non-hydrogen) atoms. The Morgan fingerprint density at radius 3 is 1.70 bits per heavy atom. The number of carbonyl (C=O) groups is 4. The average molecular weight is 614 g/mol. The van der Waals surface area contributed by atoms with Gasteiger partial charge in [0.15, 0.2) is 6.04 Å². The molecule has 0 radical (unpaired) electrons. The van der Waals surface area contributed by atoms with Gasteiger partial charge in [-0.3, -0.25) is 14.4 Å². The van der Waals surface area contributed by atoms with Crippen molar-refractivity contribution >= 4 is 23.7 Å². The molecular weight excluding hydrogens is 554 g/mol. The number of aliphatic hydroxyl groups excluding tert-OH is 3. The maximum absolute atomic E-state index is 13.4. The summed E-state index contributed by atoms with van der Waals surface area (Å²) in [6.07, 6.45) is 10.1. The standard InChI is InChI=1S/C32H59N3O8/c1-7-8-9-10-11-12-13-14-15-16-17-18-25(38)21(4)28-22(5)29(39)34-26(20(2)3)30(40)35-27(23(6)37)31(41)33-24(19-36)32(42)43-28/h20-28,36-38H,7-19H2,1-6H3,(H,33,41)(H,34,39)(H,35,40)/t21-,22+,23+,24-,25+,26-,27-,28+/m0/s1. The first kappa shape index (κ1) is 38.8. The van der Waals surface area contributed by atoms with Gasteiger partial charge in [0.2, 0.25) is 17.7 Å². The van der Waals surface area contributed by atoms with Crippen molar-refractivity contribution in [2.45, 2.75) is 155 Å². The minimum atomic E-state index is -1.50. The molecule has 0 spiro atoms. The number of ether oxygens (including phenoxy) is 1. The third kappa shape index (κ3) is 13.5. The lowest BCUT2D eigenvalue weighted by Crippen LogP contribution is -2.60. The third-order valence-electron chi connectivity index (χ3n) is 8.48. The average Bonchev–Trinajstić information content (AvgIpc) is 2.96. The molecule has 11 nitrogen and oxygen atoms in total. The molecule has 1 fully saturated rings. The van der Waals surface area contributed by atoms with Crippen LogP contribution in [0.1, 0.15) is 119 Å². The smallest absolute Gasteiger partial charge is 0.331 e. The van der Waals surface area contributed by atoms with Crippen molar-refractivity contribution in [1.82, 2.24) is 16.0 Å². The molecule has 0 aromatic heterocycles. The summed E-state index contributed by atoms with van der Waals surface area (Å²) >= 11 is 0. The number of nitrogens with one attached hydrogen (secondary N) is 3. The number of esters is 1. The van der Waals surface area contributed by atoms with Crippen molar-refractivity contribution in [3.63, 3.8) is 0 Å². The number of unbranched alkanes of at least 4 members (excludes halogenated alkanes) is 10. The highest BCUT2D eigenvalue weighted by Crippen LogP contribution is 2.25. The van der Waals surface area contributed by atoms with Crippen LogP contribution in [-0.2, 0) is 23.9 Å². The number of aliphatic hydroxyl groups is 3. The highest BCUT2D eigenvalue weighted by atomic mass is 16.5. The second-order valence-corrected chi connectivity index (χ2v) is 12.6. The van der Waals surface area contributed by atoms with Crippen LogP contribution >= 0.6 is 0 Å². The van der Waals surface area contributed by atoms with E-state index in [1.54, 1.807) is 27.7 Å². The molecule has 0 unspecified atom stereocenters. The van der Waals surface area contributed by atoms with Crippen molar-refractivity contribution in [2.75, 3.05) is 6.61 Å². The van der Waals surface area contributed by atoms with Crippen LogP contribution in [0, 0.1) is 17.8 Å². The molecule has 3 amide bonds. The molecule has 0 aromatic carbocycles. The molecule has 250 valence electrons. The van der Waals surface area contributed by atoms with Crippen molar-refractivity contribution in [3.05, 3.63) is 0 Å². The fourth-order valence-electron chi connectivity index (χ4n) is 5.44. The molecule has 1 saturated heterocycles. The van der Waals surface area contributed by atoms with E-state index in [2.05, 4.69) is 22.9 Å². The van der Waals surface area contributed by atoms with Gasteiger partial charge in [-0.05, 0) is 19.3 Å². The number of amides is 3. The zero-order chi connectivity index (χ0) is 32.5. The summed E-state index contributed by atoms with van der Waals surface area (Å²) < 4.78 is 5.70. The van der Waals surface area contributed by atoms with E-state index >= 15 is 0 Å². The molecule has 8 atom stereocenters. The van der Waals surface area contributed by atoms with Gasteiger partial charge in [0.25, 0.3) is 0 Å². The Hall–Kier alpha value is -2.24. The van der Waals surface area contributed by atoms with Crippen LogP contribution in [0.25, 0.3) is 0 Å². The molecular formula is C32H59N3O8. The second kappa shape index (κ2) is 20.7. The number of hydrogen-bond donors (Lipinski definition) is 6. The predicted octanol–water partition coefficient (Wildman–Crippen LogP) is 2.73. The van der Waals surface area contributed by atoms with Gasteiger partial charge < -0.3 is 36.0 Å². The first-order chi connectivity index (χ1) is 20.3. The van der Waals surface area contributed by atoms with E-state index in [1.165, 1.54) is 51.9 Å². The molecule has 0 aliphatic carbocycles. The van der Waals surface area contributed by atoms with Crippen molar-refractivity contribution in [1.29, 1.82) is 0 Å². The monoisotopic (exact) mass is 613 g/mol. The SMILES string of the molecule is CCCCCCCCCCCCC[C@@H](O)[C@H](C)[C@H]1OC(=O)[C@H](CO)NC(=O)[C@H]([C@@H](C)O)NC(=O)[C@H](C(C)C)NC(=O)[C@@H]1C. The Bertz CT molecular complexity index is 852. The van der Waals surface area contributed by atoms with E-state index in [0.29, 0.717) is 6.42 Å². The van der Waals surface area contributed by atoms with E-state index in [4.69, 9.17) is 4.74 Å². The fourth-order valence-corrected chi connectivity index (χ4v) is 5.44. The van der Waals surface area contributed by atoms with E-state index in [1.807, 2.05) is 0 Å². The Morgan fingerprint density at radius 2 is 1.21 bits per heavy atom. The summed E-state index contributed by atoms with van der Waals surface area (Å²) in [6, 6.07) is -3.97. The highest BCUT2D eigenvalue weighted by Gasteiger charge is 2.40. The maximum atomic E-state index is 13.4. The van der Waals surface area contributed by atoms with Gasteiger partial charge in [-0.1, -0.05) is 105 Å². The Kier molecular flexibility index (Phi) is 18.6. The topological polar surface area (TPSA) is 174 Å². The van der Waals surface area contributed by atoms with Crippen LogP contribution in [-0.4, -0.2) is 82.1 Å². The Labute approximate surface area is 258 Å². The van der Waals surface area contributed by atoms with E-state index in [9.17, 15) is 34.5 Å². The summed E-state index contributed by atoms with van der Waals surface area (Å²) in [5.41, 5.74) is 0. The van der Waals surface area contributed by atoms with Crippen LogP contribution in [0.4, 0.5) is 0 Å². The fraction of sp³-hybridized carbons (Fsp3) is 0.875. The molecule has 1 aliphatic heterocycles. The van der Waals surface area contributed by atoms with Gasteiger partial charge in [-0.25, -0.2) is 4.79 Å². The Balaban J connectivity index is 2.95. The van der Waals surface area contributed by atoms with Gasteiger partial charge in [0.1, 0.15) is 18.2 Å². The maximum Gasteiger partial charge on any atom is 0.331 e. The van der Waals surface area contributed by atoms with Crippen LogP contribution in [0.5, 0.6) is 0 Å². The van der Waals surface area contributed by atoms with Gasteiger partial charge >= 0.3 is 5.97 Å². The van der Waals surface area contributed by atoms with Crippen molar-refractivity contribution < 1.29 is 39.2 Å². The molecule has 0 aromatic rings. The summed E-state index contributed by atoms with van der Waals surface area (Å²) in [4.78, 5) is 52.4. The van der Waals surface area contributed by atoms with Gasteiger partial charge in [-0.2, -0.15) is 0 Å². The van der Waals surface area contributed by atoms with E-state index < -0.39 is 78.6 Å². The van der Waals surface area contributed by atoms with Crippen LogP contribution in [0.3, 0.4) is 0 Å². The van der Waals surface area contributed by atoms with Crippen LogP contribution < -0.4 is 16.0 Å². The molecule has 11 heteroatoms. The van der Waals surface area contributed by atoms with Crippen LogP contribution in [0.15, 0.2) is 0 Å². The number of rotatable bonds is 17. The Morgan fingerprint density at radius 1 is 0.721 bits per heavy atom. The minimum Gasteiger partial charge on any atom is -0.460 e. The van der Waals surface area contributed by atoms with Gasteiger partial charge in [0.05, 0.1) is 24.7 Å². The lowest BCUT2D eigenvalue weighted by atomic mass is 9.86. The third-order valence-corrected chi connectivity index (χ3v) is 8.48. The second-order valence-electron chi connectivity index (χ2n) is 12.6. The quantitative estimate of drug-likeness (QED) is 0.107. The number of hydrogen-bond acceptors (Lipinski definition) is 8. The van der Waals surface area contributed by atoms with Gasteiger partial charge in [-0.15, -0.1) is 0 Å². The first-order valence-corrected chi connectivity index (χ1v) is 16.4. The molecule has 0 saturated carbocycles. The largest absolute Gasteiger partial charge is 0.460 e. The van der Waals surface area contributed by atoms with Crippen molar-refractivity contribution in [3.8, 4) is 0 Å². The minimum absolute atomic E-state index is 0.366.